The summed E-state index contributed by atoms with van der Waals surface area (Å²) in [7, 11) is 2.00. The summed E-state index contributed by atoms with van der Waals surface area (Å²) in [5.74, 6) is -0.150. The lowest BCUT2D eigenvalue weighted by Crippen LogP contribution is -2.21. The van der Waals surface area contributed by atoms with Crippen molar-refractivity contribution in [2.45, 2.75) is 20.0 Å². The van der Waals surface area contributed by atoms with Crippen molar-refractivity contribution in [1.82, 2.24) is 5.32 Å². The summed E-state index contributed by atoms with van der Waals surface area (Å²) < 4.78 is 15.1. The van der Waals surface area contributed by atoms with Crippen LogP contribution in [0.2, 0.25) is 0 Å². The van der Waals surface area contributed by atoms with Gasteiger partial charge in [-0.25, -0.2) is 4.39 Å². The van der Waals surface area contributed by atoms with Crippen molar-refractivity contribution in [3.8, 4) is 0 Å². The molecule has 0 unspecified atom stereocenters. The van der Waals surface area contributed by atoms with E-state index in [0.717, 1.165) is 28.8 Å². The van der Waals surface area contributed by atoms with E-state index in [2.05, 4.69) is 37.6 Å². The quantitative estimate of drug-likeness (QED) is 0.825. The van der Waals surface area contributed by atoms with Crippen LogP contribution in [0.5, 0.6) is 0 Å². The maximum atomic E-state index is 14.0. The van der Waals surface area contributed by atoms with Crippen molar-refractivity contribution in [2.75, 3.05) is 18.5 Å². The van der Waals surface area contributed by atoms with Crippen molar-refractivity contribution in [3.63, 3.8) is 0 Å². The van der Waals surface area contributed by atoms with E-state index in [1.807, 2.05) is 20.0 Å². The van der Waals surface area contributed by atoms with Crippen LogP contribution in [0.4, 0.5) is 10.1 Å². The first-order valence-corrected chi connectivity index (χ1v) is 8.21. The number of benzene rings is 1. The average Bonchev–Trinajstić information content (AvgIpc) is 2.82. The number of hydrogen-bond acceptors (Lipinski definition) is 3. The van der Waals surface area contributed by atoms with Crippen LogP contribution in [0.25, 0.3) is 0 Å². The topological polar surface area (TPSA) is 15.3 Å². The van der Waals surface area contributed by atoms with Gasteiger partial charge in [0.05, 0.1) is 6.54 Å². The fraction of sp³-hybridized carbons (Fsp3) is 0.333. The monoisotopic (exact) mass is 356 g/mol. The second-order valence-electron chi connectivity index (χ2n) is 4.61. The van der Waals surface area contributed by atoms with Gasteiger partial charge in [0, 0.05) is 39.6 Å². The molecule has 0 radical (unpaired) electrons. The molecular weight excluding hydrogens is 339 g/mol. The van der Waals surface area contributed by atoms with Gasteiger partial charge in [-0.2, -0.15) is 0 Å². The molecule has 0 aliphatic carbocycles. The molecule has 0 aliphatic rings. The highest BCUT2D eigenvalue weighted by molar-refractivity contribution is 9.10. The predicted molar refractivity (Wildman–Crippen MR) is 87.9 cm³/mol. The zero-order valence-corrected chi connectivity index (χ0v) is 14.0. The maximum Gasteiger partial charge on any atom is 0.129 e. The van der Waals surface area contributed by atoms with Crippen LogP contribution in [-0.4, -0.2) is 13.6 Å². The van der Waals surface area contributed by atoms with E-state index in [4.69, 9.17) is 0 Å². The van der Waals surface area contributed by atoms with Crippen LogP contribution >= 0.6 is 27.3 Å². The molecule has 2 nitrogen and oxygen atoms in total. The van der Waals surface area contributed by atoms with Crippen molar-refractivity contribution in [3.05, 3.63) is 50.4 Å². The van der Waals surface area contributed by atoms with Crippen LogP contribution in [0, 0.1) is 5.82 Å². The van der Waals surface area contributed by atoms with Gasteiger partial charge in [0.25, 0.3) is 0 Å². The molecule has 0 fully saturated rings. The Bertz CT molecular complexity index is 571. The van der Waals surface area contributed by atoms with E-state index >= 15 is 0 Å². The molecule has 0 spiro atoms. The highest BCUT2D eigenvalue weighted by Gasteiger charge is 2.12. The third-order valence-corrected chi connectivity index (χ3v) is 4.75. The van der Waals surface area contributed by atoms with Gasteiger partial charge in [-0.3, -0.25) is 0 Å². The van der Waals surface area contributed by atoms with Gasteiger partial charge >= 0.3 is 0 Å². The van der Waals surface area contributed by atoms with E-state index in [-0.39, 0.29) is 5.82 Å². The van der Waals surface area contributed by atoms with E-state index in [9.17, 15) is 4.39 Å². The van der Waals surface area contributed by atoms with Crippen LogP contribution in [0.3, 0.4) is 0 Å². The number of nitrogens with zero attached hydrogens (tertiary/aromatic N) is 1. The number of halogens is 2. The highest BCUT2D eigenvalue weighted by atomic mass is 79.9. The minimum Gasteiger partial charge on any atom is -0.369 e. The first kappa shape index (κ1) is 15.5. The highest BCUT2D eigenvalue weighted by Crippen LogP contribution is 2.26. The van der Waals surface area contributed by atoms with E-state index in [1.165, 1.54) is 10.9 Å². The normalized spacial score (nSPS) is 10.8. The number of anilines is 1. The summed E-state index contributed by atoms with van der Waals surface area (Å²) in [6.45, 7) is 4.18. The van der Waals surface area contributed by atoms with Gasteiger partial charge < -0.3 is 10.2 Å². The number of thiophene rings is 1. The van der Waals surface area contributed by atoms with Crippen LogP contribution in [-0.2, 0) is 13.1 Å². The van der Waals surface area contributed by atoms with E-state index in [1.54, 1.807) is 17.4 Å². The molecule has 0 atom stereocenters. The zero-order valence-electron chi connectivity index (χ0n) is 11.6. The lowest BCUT2D eigenvalue weighted by molar-refractivity contribution is 0.592. The van der Waals surface area contributed by atoms with E-state index in [0.29, 0.717) is 6.54 Å². The molecule has 1 aromatic heterocycles. The van der Waals surface area contributed by atoms with Crippen LogP contribution < -0.4 is 10.2 Å². The fourth-order valence-corrected chi connectivity index (χ4v) is 3.59. The summed E-state index contributed by atoms with van der Waals surface area (Å²) in [5.41, 5.74) is 1.67. The van der Waals surface area contributed by atoms with Gasteiger partial charge in [-0.15, -0.1) is 11.3 Å². The van der Waals surface area contributed by atoms with Crippen molar-refractivity contribution in [2.24, 2.45) is 0 Å². The Morgan fingerprint density at radius 1 is 1.40 bits per heavy atom. The Labute approximate surface area is 131 Å². The standard InChI is InChI=1S/C15H18BrFN2S/c1-3-18-8-13-14(17)5-4-6-15(13)19(2)9-12-7-11(16)10-20-12/h4-7,10,18H,3,8-9H2,1-2H3. The van der Waals surface area contributed by atoms with Gasteiger partial charge in [-0.05, 0) is 40.7 Å². The molecule has 0 aliphatic heterocycles. The van der Waals surface area contributed by atoms with Gasteiger partial charge in [0.15, 0.2) is 0 Å². The Morgan fingerprint density at radius 2 is 2.20 bits per heavy atom. The summed E-state index contributed by atoms with van der Waals surface area (Å²) in [6.07, 6.45) is 0. The molecule has 2 aromatic rings. The minimum absolute atomic E-state index is 0.150. The Morgan fingerprint density at radius 3 is 2.85 bits per heavy atom. The Balaban J connectivity index is 2.20. The molecule has 108 valence electrons. The number of rotatable bonds is 6. The van der Waals surface area contributed by atoms with Crippen LogP contribution in [0.1, 0.15) is 17.4 Å². The molecule has 0 saturated heterocycles. The van der Waals surface area contributed by atoms with Gasteiger partial charge in [0.1, 0.15) is 5.82 Å². The fourth-order valence-electron chi connectivity index (χ4n) is 2.09. The second-order valence-corrected chi connectivity index (χ2v) is 6.52. The Kier molecular flexibility index (Phi) is 5.57. The van der Waals surface area contributed by atoms with Crippen molar-refractivity contribution in [1.29, 1.82) is 0 Å². The molecule has 0 amide bonds. The zero-order chi connectivity index (χ0) is 14.5. The van der Waals surface area contributed by atoms with E-state index < -0.39 is 0 Å². The molecule has 1 aromatic carbocycles. The molecule has 5 heteroatoms. The van der Waals surface area contributed by atoms with Crippen molar-refractivity contribution >= 4 is 33.0 Å². The smallest absolute Gasteiger partial charge is 0.129 e. The van der Waals surface area contributed by atoms with Gasteiger partial charge in [0.2, 0.25) is 0 Å². The Hall–Kier alpha value is -0.910. The second kappa shape index (κ2) is 7.20. The average molecular weight is 357 g/mol. The predicted octanol–water partition coefficient (Wildman–Crippen LogP) is 4.40. The summed E-state index contributed by atoms with van der Waals surface area (Å²) in [4.78, 5) is 3.34. The first-order chi connectivity index (χ1) is 9.61. The summed E-state index contributed by atoms with van der Waals surface area (Å²) >= 11 is 5.16. The SMILES string of the molecule is CCNCc1c(F)cccc1N(C)Cc1cc(Br)cs1. The number of nitrogens with one attached hydrogen (secondary N) is 1. The van der Waals surface area contributed by atoms with Gasteiger partial charge in [-0.1, -0.05) is 13.0 Å². The minimum atomic E-state index is -0.150. The molecule has 2 rings (SSSR count). The lowest BCUT2D eigenvalue weighted by Gasteiger charge is -2.22. The first-order valence-electron chi connectivity index (χ1n) is 6.54. The third kappa shape index (κ3) is 3.81. The molecule has 0 saturated carbocycles. The molecule has 1 heterocycles. The molecule has 0 bridgehead atoms. The molecular formula is C15H18BrFN2S. The van der Waals surface area contributed by atoms with Crippen molar-refractivity contribution < 1.29 is 4.39 Å². The largest absolute Gasteiger partial charge is 0.369 e. The maximum absolute atomic E-state index is 14.0. The van der Waals surface area contributed by atoms with Crippen LogP contribution in [0.15, 0.2) is 34.1 Å². The molecule has 20 heavy (non-hydrogen) atoms. The lowest BCUT2D eigenvalue weighted by atomic mass is 10.1. The number of hydrogen-bond donors (Lipinski definition) is 1. The summed E-state index contributed by atoms with van der Waals surface area (Å²) in [6, 6.07) is 7.36. The molecule has 1 N–H and O–H groups in total. The third-order valence-electron chi connectivity index (χ3n) is 3.07. The summed E-state index contributed by atoms with van der Waals surface area (Å²) in [5, 5.41) is 5.26.